The molecule has 2 rings (SSSR count). The van der Waals surface area contributed by atoms with E-state index in [0.29, 0.717) is 15.9 Å². The summed E-state index contributed by atoms with van der Waals surface area (Å²) in [6.07, 6.45) is 0.818. The minimum atomic E-state index is 0.559. The number of nitrogens with zero attached hydrogens (tertiary/aromatic N) is 2. The van der Waals surface area contributed by atoms with E-state index in [4.69, 9.17) is 23.2 Å². The molecule has 0 amide bonds. The van der Waals surface area contributed by atoms with Crippen LogP contribution in [0, 0.1) is 0 Å². The molecule has 0 aliphatic heterocycles. The van der Waals surface area contributed by atoms with Gasteiger partial charge in [-0.25, -0.2) is 4.98 Å². The van der Waals surface area contributed by atoms with Crippen LogP contribution >= 0.6 is 23.2 Å². The van der Waals surface area contributed by atoms with Gasteiger partial charge in [-0.05, 0) is 18.2 Å². The molecule has 2 aromatic rings. The Morgan fingerprint density at radius 2 is 2.13 bits per heavy atom. The lowest BCUT2D eigenvalue weighted by atomic mass is 10.2. The van der Waals surface area contributed by atoms with Gasteiger partial charge in [-0.3, -0.25) is 5.10 Å². The molecule has 0 saturated carbocycles. The van der Waals surface area contributed by atoms with E-state index in [0.717, 1.165) is 17.8 Å². The summed E-state index contributed by atoms with van der Waals surface area (Å²) in [5.41, 5.74) is 0.789. The van der Waals surface area contributed by atoms with Gasteiger partial charge in [-0.15, -0.1) is 0 Å². The summed E-state index contributed by atoms with van der Waals surface area (Å²) in [6, 6.07) is 5.26. The lowest BCUT2D eigenvalue weighted by Gasteiger charge is -1.98. The third kappa shape index (κ3) is 2.13. The highest BCUT2D eigenvalue weighted by Gasteiger charge is 2.09. The molecule has 3 nitrogen and oxygen atoms in total. The maximum Gasteiger partial charge on any atom is 0.182 e. The number of rotatable bonds is 2. The van der Waals surface area contributed by atoms with Crippen molar-refractivity contribution in [3.05, 3.63) is 34.1 Å². The van der Waals surface area contributed by atoms with Gasteiger partial charge in [0.25, 0.3) is 0 Å². The zero-order chi connectivity index (χ0) is 10.8. The van der Waals surface area contributed by atoms with Gasteiger partial charge in [0.05, 0.1) is 5.02 Å². The van der Waals surface area contributed by atoms with Crippen molar-refractivity contribution in [2.24, 2.45) is 0 Å². The van der Waals surface area contributed by atoms with Crippen LogP contribution in [-0.2, 0) is 6.42 Å². The van der Waals surface area contributed by atoms with Crippen molar-refractivity contribution < 1.29 is 0 Å². The van der Waals surface area contributed by atoms with Crippen molar-refractivity contribution in [1.82, 2.24) is 15.2 Å². The normalized spacial score (nSPS) is 10.6. The molecule has 1 aromatic heterocycles. The molecule has 1 N–H and O–H groups in total. The third-order valence-corrected chi connectivity index (χ3v) is 2.59. The van der Waals surface area contributed by atoms with Gasteiger partial charge in [0.2, 0.25) is 0 Å². The number of benzene rings is 1. The van der Waals surface area contributed by atoms with Gasteiger partial charge < -0.3 is 0 Å². The standard InChI is InChI=1S/C10H9Cl2N3/c1-2-9-13-10(15-14-9)7-4-3-6(11)5-8(7)12/h3-5H,2H2,1H3,(H,13,14,15). The van der Waals surface area contributed by atoms with Crippen molar-refractivity contribution in [3.63, 3.8) is 0 Å². The van der Waals surface area contributed by atoms with Crippen molar-refractivity contribution >= 4 is 23.2 Å². The molecule has 0 aliphatic carbocycles. The monoisotopic (exact) mass is 241 g/mol. The first-order valence-electron chi connectivity index (χ1n) is 4.57. The van der Waals surface area contributed by atoms with E-state index >= 15 is 0 Å². The number of hydrogen-bond donors (Lipinski definition) is 1. The molecule has 0 saturated heterocycles. The van der Waals surface area contributed by atoms with Crippen molar-refractivity contribution in [2.45, 2.75) is 13.3 Å². The van der Waals surface area contributed by atoms with Crippen molar-refractivity contribution in [3.8, 4) is 11.4 Å². The molecule has 15 heavy (non-hydrogen) atoms. The zero-order valence-electron chi connectivity index (χ0n) is 8.09. The highest BCUT2D eigenvalue weighted by Crippen LogP contribution is 2.27. The molecule has 1 aromatic carbocycles. The van der Waals surface area contributed by atoms with E-state index in [1.807, 2.05) is 13.0 Å². The average Bonchev–Trinajstić information content (AvgIpc) is 2.66. The van der Waals surface area contributed by atoms with Crippen LogP contribution in [0.25, 0.3) is 11.4 Å². The predicted octanol–water partition coefficient (Wildman–Crippen LogP) is 3.34. The molecule has 0 aliphatic rings. The molecule has 0 unspecified atom stereocenters. The van der Waals surface area contributed by atoms with Gasteiger partial charge in [-0.1, -0.05) is 30.1 Å². The number of aromatic amines is 1. The van der Waals surface area contributed by atoms with Crippen molar-refractivity contribution in [2.75, 3.05) is 0 Å². The smallest absolute Gasteiger partial charge is 0.182 e. The third-order valence-electron chi connectivity index (χ3n) is 2.04. The highest BCUT2D eigenvalue weighted by molar-refractivity contribution is 6.36. The second-order valence-corrected chi connectivity index (χ2v) is 3.93. The fraction of sp³-hybridized carbons (Fsp3) is 0.200. The summed E-state index contributed by atoms with van der Waals surface area (Å²) in [7, 11) is 0. The van der Waals surface area contributed by atoms with Crippen LogP contribution in [0.5, 0.6) is 0 Å². The first-order valence-corrected chi connectivity index (χ1v) is 5.33. The average molecular weight is 242 g/mol. The number of aryl methyl sites for hydroxylation is 1. The number of hydrogen-bond acceptors (Lipinski definition) is 2. The molecular formula is C10H9Cl2N3. The lowest BCUT2D eigenvalue weighted by molar-refractivity contribution is 0.946. The molecule has 0 fully saturated rings. The SMILES string of the molecule is CCc1nc(-c2ccc(Cl)cc2Cl)n[nH]1. The molecule has 1 heterocycles. The number of halogens is 2. The van der Waals surface area contributed by atoms with Crippen LogP contribution in [0.15, 0.2) is 18.2 Å². The maximum atomic E-state index is 6.04. The molecule has 0 bridgehead atoms. The Morgan fingerprint density at radius 3 is 2.73 bits per heavy atom. The van der Waals surface area contributed by atoms with Crippen LogP contribution in [0.2, 0.25) is 10.0 Å². The molecule has 5 heteroatoms. The first kappa shape index (κ1) is 10.5. The van der Waals surface area contributed by atoms with Gasteiger partial charge in [0, 0.05) is 17.0 Å². The summed E-state index contributed by atoms with van der Waals surface area (Å²) >= 11 is 11.8. The summed E-state index contributed by atoms with van der Waals surface area (Å²) in [6.45, 7) is 2.01. The fourth-order valence-electron chi connectivity index (χ4n) is 1.24. The minimum absolute atomic E-state index is 0.559. The van der Waals surface area contributed by atoms with Crippen LogP contribution in [0.3, 0.4) is 0 Å². The Labute approximate surface area is 97.4 Å². The summed E-state index contributed by atoms with van der Waals surface area (Å²) in [5, 5.41) is 8.09. The van der Waals surface area contributed by atoms with E-state index in [2.05, 4.69) is 15.2 Å². The number of nitrogens with one attached hydrogen (secondary N) is 1. The van der Waals surface area contributed by atoms with Gasteiger partial charge >= 0.3 is 0 Å². The Morgan fingerprint density at radius 1 is 1.33 bits per heavy atom. The molecule has 0 spiro atoms. The molecule has 78 valence electrons. The van der Waals surface area contributed by atoms with Crippen LogP contribution in [-0.4, -0.2) is 15.2 Å². The predicted molar refractivity (Wildman–Crippen MR) is 61.2 cm³/mol. The van der Waals surface area contributed by atoms with Crippen LogP contribution in [0.4, 0.5) is 0 Å². The first-order chi connectivity index (χ1) is 7.20. The molecule has 0 atom stereocenters. The quantitative estimate of drug-likeness (QED) is 0.877. The Balaban J connectivity index is 2.44. The highest BCUT2D eigenvalue weighted by atomic mass is 35.5. The minimum Gasteiger partial charge on any atom is -0.263 e. The van der Waals surface area contributed by atoms with E-state index in [1.165, 1.54) is 0 Å². The van der Waals surface area contributed by atoms with E-state index < -0.39 is 0 Å². The largest absolute Gasteiger partial charge is 0.263 e. The van der Waals surface area contributed by atoms with E-state index in [-0.39, 0.29) is 0 Å². The van der Waals surface area contributed by atoms with E-state index in [1.54, 1.807) is 12.1 Å². The maximum absolute atomic E-state index is 6.04. The van der Waals surface area contributed by atoms with Crippen LogP contribution in [0.1, 0.15) is 12.7 Å². The Kier molecular flexibility index (Phi) is 2.93. The Hall–Kier alpha value is -1.06. The summed E-state index contributed by atoms with van der Waals surface area (Å²) < 4.78 is 0. The fourth-order valence-corrected chi connectivity index (χ4v) is 1.74. The van der Waals surface area contributed by atoms with Crippen molar-refractivity contribution in [1.29, 1.82) is 0 Å². The second-order valence-electron chi connectivity index (χ2n) is 3.08. The second kappa shape index (κ2) is 4.21. The van der Waals surface area contributed by atoms with Gasteiger partial charge in [-0.2, -0.15) is 5.10 Å². The number of aromatic nitrogens is 3. The molecule has 0 radical (unpaired) electrons. The Bertz CT molecular complexity index is 479. The van der Waals surface area contributed by atoms with E-state index in [9.17, 15) is 0 Å². The lowest BCUT2D eigenvalue weighted by Crippen LogP contribution is -1.83. The topological polar surface area (TPSA) is 41.6 Å². The summed E-state index contributed by atoms with van der Waals surface area (Å²) in [4.78, 5) is 4.30. The number of H-pyrrole nitrogens is 1. The van der Waals surface area contributed by atoms with Gasteiger partial charge in [0.15, 0.2) is 5.82 Å². The molecular weight excluding hydrogens is 233 g/mol. The summed E-state index contributed by atoms with van der Waals surface area (Å²) in [5.74, 6) is 1.45. The zero-order valence-corrected chi connectivity index (χ0v) is 9.60. The van der Waals surface area contributed by atoms with Gasteiger partial charge in [0.1, 0.15) is 5.82 Å². The van der Waals surface area contributed by atoms with Crippen LogP contribution < -0.4 is 0 Å².